The van der Waals surface area contributed by atoms with Gasteiger partial charge < -0.3 is 14.4 Å². The second-order valence-corrected chi connectivity index (χ2v) is 5.07. The van der Waals surface area contributed by atoms with Crippen molar-refractivity contribution in [2.45, 2.75) is 47.0 Å². The Morgan fingerprint density at radius 2 is 1.61 bits per heavy atom. The molecule has 0 radical (unpaired) electrons. The Morgan fingerprint density at radius 1 is 1.00 bits per heavy atom. The Hall–Kier alpha value is -2.37. The molecular formula is C17H23NO5. The van der Waals surface area contributed by atoms with E-state index in [4.69, 9.17) is 9.47 Å². The molecular weight excluding hydrogens is 298 g/mol. The maximum atomic E-state index is 12.1. The number of unbranched alkanes of at least 4 members (excludes halogenated alkanes) is 1. The summed E-state index contributed by atoms with van der Waals surface area (Å²) < 4.78 is 10.1. The van der Waals surface area contributed by atoms with Gasteiger partial charge in [-0.25, -0.2) is 0 Å². The highest BCUT2D eigenvalue weighted by Crippen LogP contribution is 2.33. The summed E-state index contributed by atoms with van der Waals surface area (Å²) in [4.78, 5) is 36.2. The van der Waals surface area contributed by atoms with E-state index in [9.17, 15) is 14.4 Å². The molecule has 23 heavy (non-hydrogen) atoms. The third-order valence-corrected chi connectivity index (χ3v) is 3.09. The third kappa shape index (κ3) is 5.73. The van der Waals surface area contributed by atoms with Crippen LogP contribution in [0.4, 0.5) is 5.69 Å². The van der Waals surface area contributed by atoms with Gasteiger partial charge in [0.15, 0.2) is 11.5 Å². The van der Waals surface area contributed by atoms with Gasteiger partial charge in [0.25, 0.3) is 0 Å². The van der Waals surface area contributed by atoms with Crippen molar-refractivity contribution in [3.63, 3.8) is 0 Å². The Bertz CT molecular complexity index is 582. The molecule has 1 amide bonds. The molecule has 0 heterocycles. The lowest BCUT2D eigenvalue weighted by molar-refractivity contribution is -0.134. The van der Waals surface area contributed by atoms with Crippen LogP contribution < -0.4 is 14.4 Å². The van der Waals surface area contributed by atoms with Crippen LogP contribution in [-0.4, -0.2) is 24.4 Å². The van der Waals surface area contributed by atoms with E-state index in [1.54, 1.807) is 24.0 Å². The zero-order valence-electron chi connectivity index (χ0n) is 14.0. The summed E-state index contributed by atoms with van der Waals surface area (Å²) in [5.74, 6) is -0.796. The second kappa shape index (κ2) is 8.92. The molecule has 6 nitrogen and oxygen atoms in total. The molecule has 1 aromatic carbocycles. The van der Waals surface area contributed by atoms with Gasteiger partial charge in [-0.05, 0) is 18.6 Å². The van der Waals surface area contributed by atoms with Gasteiger partial charge in [0.2, 0.25) is 5.91 Å². The van der Waals surface area contributed by atoms with Crippen LogP contribution in [0.15, 0.2) is 18.2 Å². The molecule has 0 aliphatic heterocycles. The fourth-order valence-corrected chi connectivity index (χ4v) is 2.04. The van der Waals surface area contributed by atoms with Crippen molar-refractivity contribution in [1.82, 2.24) is 0 Å². The van der Waals surface area contributed by atoms with E-state index in [1.165, 1.54) is 19.9 Å². The van der Waals surface area contributed by atoms with Crippen molar-refractivity contribution >= 4 is 23.5 Å². The van der Waals surface area contributed by atoms with Crippen LogP contribution in [0, 0.1) is 0 Å². The first-order chi connectivity index (χ1) is 10.9. The standard InChI is InChI=1S/C17H23NO5/c1-5-7-10-18(17(21)6-2)14-8-9-15(22-12(3)19)16(11-14)23-13(4)20/h8-9,11H,5-7,10H2,1-4H3. The summed E-state index contributed by atoms with van der Waals surface area (Å²) in [6.45, 7) is 6.94. The number of benzene rings is 1. The molecule has 1 rings (SSSR count). The van der Waals surface area contributed by atoms with Gasteiger partial charge in [-0.15, -0.1) is 0 Å². The van der Waals surface area contributed by atoms with Crippen LogP contribution in [0.1, 0.15) is 47.0 Å². The van der Waals surface area contributed by atoms with Crippen molar-refractivity contribution in [1.29, 1.82) is 0 Å². The Labute approximate surface area is 136 Å². The maximum absolute atomic E-state index is 12.1. The lowest BCUT2D eigenvalue weighted by atomic mass is 10.2. The Morgan fingerprint density at radius 3 is 2.13 bits per heavy atom. The van der Waals surface area contributed by atoms with Crippen LogP contribution >= 0.6 is 0 Å². The van der Waals surface area contributed by atoms with Crippen LogP contribution in [0.3, 0.4) is 0 Å². The first-order valence-electron chi connectivity index (χ1n) is 7.70. The van der Waals surface area contributed by atoms with E-state index in [-0.39, 0.29) is 17.4 Å². The lowest BCUT2D eigenvalue weighted by Crippen LogP contribution is -2.31. The van der Waals surface area contributed by atoms with Crippen molar-refractivity contribution in [2.24, 2.45) is 0 Å². The van der Waals surface area contributed by atoms with Crippen LogP contribution in [0.2, 0.25) is 0 Å². The highest BCUT2D eigenvalue weighted by atomic mass is 16.6. The predicted octanol–water partition coefficient (Wildman–Crippen LogP) is 3.08. The maximum Gasteiger partial charge on any atom is 0.308 e. The monoisotopic (exact) mass is 321 g/mol. The molecule has 0 aliphatic rings. The minimum Gasteiger partial charge on any atom is -0.423 e. The van der Waals surface area contributed by atoms with Crippen molar-refractivity contribution in [3.8, 4) is 11.5 Å². The third-order valence-electron chi connectivity index (χ3n) is 3.09. The van der Waals surface area contributed by atoms with Crippen LogP contribution in [-0.2, 0) is 14.4 Å². The number of hydrogen-bond acceptors (Lipinski definition) is 5. The summed E-state index contributed by atoms with van der Waals surface area (Å²) in [6, 6.07) is 4.74. The molecule has 0 fully saturated rings. The molecule has 0 N–H and O–H groups in total. The minimum absolute atomic E-state index is 0.0209. The molecule has 1 aromatic rings. The summed E-state index contributed by atoms with van der Waals surface area (Å²) in [5, 5.41) is 0. The van der Waals surface area contributed by atoms with Gasteiger partial charge in [-0.1, -0.05) is 20.3 Å². The van der Waals surface area contributed by atoms with E-state index >= 15 is 0 Å². The number of nitrogens with zero attached hydrogens (tertiary/aromatic N) is 1. The lowest BCUT2D eigenvalue weighted by Gasteiger charge is -2.23. The highest BCUT2D eigenvalue weighted by molar-refractivity contribution is 5.93. The summed E-state index contributed by atoms with van der Waals surface area (Å²) in [7, 11) is 0. The second-order valence-electron chi connectivity index (χ2n) is 5.07. The number of hydrogen-bond donors (Lipinski definition) is 0. The molecule has 126 valence electrons. The topological polar surface area (TPSA) is 72.9 Å². The number of esters is 2. The number of amides is 1. The van der Waals surface area contributed by atoms with Crippen molar-refractivity contribution in [2.75, 3.05) is 11.4 Å². The molecule has 0 saturated carbocycles. The number of anilines is 1. The fourth-order valence-electron chi connectivity index (χ4n) is 2.04. The molecule has 6 heteroatoms. The average Bonchev–Trinajstić information content (AvgIpc) is 2.48. The van der Waals surface area contributed by atoms with Gasteiger partial charge in [0, 0.05) is 38.6 Å². The SMILES string of the molecule is CCCCN(C(=O)CC)c1ccc(OC(C)=O)c(OC(C)=O)c1. The van der Waals surface area contributed by atoms with E-state index in [0.717, 1.165) is 12.8 Å². The van der Waals surface area contributed by atoms with Crippen LogP contribution in [0.5, 0.6) is 11.5 Å². The van der Waals surface area contributed by atoms with E-state index < -0.39 is 11.9 Å². The molecule has 0 aliphatic carbocycles. The zero-order chi connectivity index (χ0) is 17.4. The molecule has 0 unspecified atom stereocenters. The van der Waals surface area contributed by atoms with Crippen molar-refractivity contribution in [3.05, 3.63) is 18.2 Å². The quantitative estimate of drug-likeness (QED) is 0.570. The normalized spacial score (nSPS) is 10.1. The minimum atomic E-state index is -0.530. The smallest absolute Gasteiger partial charge is 0.308 e. The first kappa shape index (κ1) is 18.7. The predicted molar refractivity (Wildman–Crippen MR) is 86.6 cm³/mol. The molecule has 0 aromatic heterocycles. The summed E-state index contributed by atoms with van der Waals surface area (Å²) in [6.07, 6.45) is 2.19. The van der Waals surface area contributed by atoms with Gasteiger partial charge in [0.05, 0.1) is 0 Å². The highest BCUT2D eigenvalue weighted by Gasteiger charge is 2.17. The summed E-state index contributed by atoms with van der Waals surface area (Å²) in [5.41, 5.74) is 0.609. The fraction of sp³-hybridized carbons (Fsp3) is 0.471. The zero-order valence-corrected chi connectivity index (χ0v) is 14.0. The summed E-state index contributed by atoms with van der Waals surface area (Å²) >= 11 is 0. The van der Waals surface area contributed by atoms with Crippen LogP contribution in [0.25, 0.3) is 0 Å². The number of carbonyl (C=O) groups excluding carboxylic acids is 3. The molecule has 0 atom stereocenters. The number of rotatable bonds is 7. The van der Waals surface area contributed by atoms with E-state index in [2.05, 4.69) is 0 Å². The van der Waals surface area contributed by atoms with E-state index in [0.29, 0.717) is 18.7 Å². The Balaban J connectivity index is 3.20. The average molecular weight is 321 g/mol. The molecule has 0 saturated heterocycles. The largest absolute Gasteiger partial charge is 0.423 e. The Kier molecular flexibility index (Phi) is 7.25. The van der Waals surface area contributed by atoms with Gasteiger partial charge in [-0.3, -0.25) is 14.4 Å². The van der Waals surface area contributed by atoms with E-state index in [1.807, 2.05) is 6.92 Å². The van der Waals surface area contributed by atoms with Gasteiger partial charge >= 0.3 is 11.9 Å². The number of ether oxygens (including phenoxy) is 2. The van der Waals surface area contributed by atoms with Gasteiger partial charge in [0.1, 0.15) is 0 Å². The molecule has 0 bridgehead atoms. The number of carbonyl (C=O) groups is 3. The van der Waals surface area contributed by atoms with Gasteiger partial charge in [-0.2, -0.15) is 0 Å². The first-order valence-corrected chi connectivity index (χ1v) is 7.70. The van der Waals surface area contributed by atoms with Crippen molar-refractivity contribution < 1.29 is 23.9 Å². The molecule has 0 spiro atoms.